The normalized spacial score (nSPS) is 20.2. The van der Waals surface area contributed by atoms with Crippen LogP contribution in [0.4, 0.5) is 0 Å². The van der Waals surface area contributed by atoms with Crippen molar-refractivity contribution < 1.29 is 14.2 Å². The van der Waals surface area contributed by atoms with E-state index in [1.807, 2.05) is 6.92 Å². The average molecular weight is 188 g/mol. The molecule has 1 aliphatic rings. The lowest BCUT2D eigenvalue weighted by molar-refractivity contribution is -0.0549. The van der Waals surface area contributed by atoms with Crippen LogP contribution in [0.5, 0.6) is 0 Å². The summed E-state index contributed by atoms with van der Waals surface area (Å²) in [6, 6.07) is -0.303. The van der Waals surface area contributed by atoms with Crippen LogP contribution in [0.25, 0.3) is 0 Å². The Balaban J connectivity index is 2.44. The number of ether oxygens (including phenoxy) is 3. The summed E-state index contributed by atoms with van der Waals surface area (Å²) in [4.78, 5) is 0. The Hall–Kier alpha value is -0.650. The van der Waals surface area contributed by atoms with E-state index in [9.17, 15) is 0 Å². The van der Waals surface area contributed by atoms with Crippen LogP contribution in [0.1, 0.15) is 6.92 Å². The van der Waals surface area contributed by atoms with Crippen LogP contribution in [0.3, 0.4) is 0 Å². The van der Waals surface area contributed by atoms with Crippen LogP contribution < -0.4 is 5.32 Å². The molecule has 1 atom stereocenters. The zero-order valence-electron chi connectivity index (χ0n) is 8.00. The van der Waals surface area contributed by atoms with E-state index in [1.165, 1.54) is 0 Å². The predicted octanol–water partition coefficient (Wildman–Crippen LogP) is -0.0389. The first-order valence-electron chi connectivity index (χ1n) is 4.41. The summed E-state index contributed by atoms with van der Waals surface area (Å²) in [7, 11) is 1.75. The molecule has 0 spiro atoms. The molecule has 1 unspecified atom stereocenters. The van der Waals surface area contributed by atoms with Gasteiger partial charge in [0.2, 0.25) is 5.90 Å². The minimum absolute atomic E-state index is 0.164. The van der Waals surface area contributed by atoms with Crippen molar-refractivity contribution in [1.82, 2.24) is 5.32 Å². The SMILES string of the molecule is CCOC(=N)C(NC)C1OCCO1. The fourth-order valence-corrected chi connectivity index (χ4v) is 1.21. The molecule has 1 aliphatic heterocycles. The van der Waals surface area contributed by atoms with Crippen LogP contribution in [0.2, 0.25) is 0 Å². The Labute approximate surface area is 77.9 Å². The Morgan fingerprint density at radius 1 is 1.62 bits per heavy atom. The first-order valence-corrected chi connectivity index (χ1v) is 4.41. The number of hydrogen-bond donors (Lipinski definition) is 2. The quantitative estimate of drug-likeness (QED) is 0.480. The molecule has 0 aromatic heterocycles. The third kappa shape index (κ3) is 2.65. The Morgan fingerprint density at radius 2 is 2.23 bits per heavy atom. The largest absolute Gasteiger partial charge is 0.480 e. The van der Waals surface area contributed by atoms with Gasteiger partial charge in [-0.25, -0.2) is 0 Å². The van der Waals surface area contributed by atoms with E-state index >= 15 is 0 Å². The van der Waals surface area contributed by atoms with Gasteiger partial charge in [-0.3, -0.25) is 5.41 Å². The van der Waals surface area contributed by atoms with Crippen molar-refractivity contribution in [2.45, 2.75) is 19.3 Å². The second-order valence-corrected chi connectivity index (χ2v) is 2.67. The molecule has 1 saturated heterocycles. The number of rotatable bonds is 4. The minimum atomic E-state index is -0.385. The van der Waals surface area contributed by atoms with E-state index in [0.717, 1.165) is 0 Å². The van der Waals surface area contributed by atoms with Crippen LogP contribution >= 0.6 is 0 Å². The van der Waals surface area contributed by atoms with E-state index in [1.54, 1.807) is 7.05 Å². The van der Waals surface area contributed by atoms with Crippen molar-refractivity contribution in [1.29, 1.82) is 5.41 Å². The van der Waals surface area contributed by atoms with E-state index in [2.05, 4.69) is 5.32 Å². The molecule has 0 saturated carbocycles. The molecule has 0 aromatic carbocycles. The predicted molar refractivity (Wildman–Crippen MR) is 47.9 cm³/mol. The van der Waals surface area contributed by atoms with Gasteiger partial charge in [-0.2, -0.15) is 0 Å². The molecule has 1 heterocycles. The highest BCUT2D eigenvalue weighted by Crippen LogP contribution is 2.09. The minimum Gasteiger partial charge on any atom is -0.480 e. The first kappa shape index (κ1) is 10.4. The third-order valence-corrected chi connectivity index (χ3v) is 1.81. The maximum absolute atomic E-state index is 7.57. The molecule has 0 bridgehead atoms. The first-order chi connectivity index (χ1) is 6.29. The van der Waals surface area contributed by atoms with Crippen molar-refractivity contribution >= 4 is 5.90 Å². The summed E-state index contributed by atoms with van der Waals surface area (Å²) < 4.78 is 15.6. The molecule has 2 N–H and O–H groups in total. The molecule has 1 fully saturated rings. The van der Waals surface area contributed by atoms with Gasteiger partial charge >= 0.3 is 0 Å². The molecule has 76 valence electrons. The highest BCUT2D eigenvalue weighted by Gasteiger charge is 2.30. The lowest BCUT2D eigenvalue weighted by Gasteiger charge is -2.21. The van der Waals surface area contributed by atoms with Crippen molar-refractivity contribution in [3.63, 3.8) is 0 Å². The van der Waals surface area contributed by atoms with Crippen LogP contribution in [-0.4, -0.2) is 45.1 Å². The molecule has 0 radical (unpaired) electrons. The number of nitrogens with one attached hydrogen (secondary N) is 2. The maximum Gasteiger partial charge on any atom is 0.203 e. The third-order valence-electron chi connectivity index (χ3n) is 1.81. The van der Waals surface area contributed by atoms with Gasteiger partial charge in [0.15, 0.2) is 6.29 Å². The standard InChI is InChI=1S/C8H16N2O3/c1-3-11-7(9)6(10-2)8-12-4-5-13-8/h6,8-10H,3-5H2,1-2H3. The van der Waals surface area contributed by atoms with E-state index in [0.29, 0.717) is 19.8 Å². The Kier molecular flexibility index (Phi) is 4.14. The van der Waals surface area contributed by atoms with Gasteiger partial charge in [0, 0.05) is 0 Å². The summed E-state index contributed by atoms with van der Waals surface area (Å²) >= 11 is 0. The van der Waals surface area contributed by atoms with Gasteiger partial charge in [0.25, 0.3) is 0 Å². The van der Waals surface area contributed by atoms with Crippen molar-refractivity contribution in [2.24, 2.45) is 0 Å². The smallest absolute Gasteiger partial charge is 0.203 e. The number of likely N-dealkylation sites (N-methyl/N-ethyl adjacent to an activating group) is 1. The molecular formula is C8H16N2O3. The van der Waals surface area contributed by atoms with Gasteiger partial charge in [0.1, 0.15) is 6.04 Å². The second kappa shape index (κ2) is 5.16. The molecule has 0 amide bonds. The summed E-state index contributed by atoms with van der Waals surface area (Å²) in [5.74, 6) is 0.164. The lowest BCUT2D eigenvalue weighted by atomic mass is 10.3. The Morgan fingerprint density at radius 3 is 2.69 bits per heavy atom. The average Bonchev–Trinajstić information content (AvgIpc) is 2.59. The van der Waals surface area contributed by atoms with Crippen LogP contribution in [0, 0.1) is 5.41 Å². The molecule has 0 aromatic rings. The fourth-order valence-electron chi connectivity index (χ4n) is 1.21. The maximum atomic E-state index is 7.57. The highest BCUT2D eigenvalue weighted by molar-refractivity contribution is 5.79. The van der Waals surface area contributed by atoms with E-state index in [-0.39, 0.29) is 18.2 Å². The zero-order chi connectivity index (χ0) is 9.68. The topological polar surface area (TPSA) is 63.6 Å². The molecule has 5 nitrogen and oxygen atoms in total. The highest BCUT2D eigenvalue weighted by atomic mass is 16.7. The van der Waals surface area contributed by atoms with Gasteiger partial charge in [-0.1, -0.05) is 0 Å². The van der Waals surface area contributed by atoms with Gasteiger partial charge in [-0.05, 0) is 14.0 Å². The molecule has 1 rings (SSSR count). The monoisotopic (exact) mass is 188 g/mol. The van der Waals surface area contributed by atoms with Gasteiger partial charge in [0.05, 0.1) is 19.8 Å². The molecule has 0 aliphatic carbocycles. The molecule has 13 heavy (non-hydrogen) atoms. The van der Waals surface area contributed by atoms with Crippen LogP contribution in [0.15, 0.2) is 0 Å². The van der Waals surface area contributed by atoms with Gasteiger partial charge in [-0.15, -0.1) is 0 Å². The molecular weight excluding hydrogens is 172 g/mol. The zero-order valence-corrected chi connectivity index (χ0v) is 8.00. The van der Waals surface area contributed by atoms with E-state index in [4.69, 9.17) is 19.6 Å². The van der Waals surface area contributed by atoms with Crippen molar-refractivity contribution in [2.75, 3.05) is 26.9 Å². The number of hydrogen-bond acceptors (Lipinski definition) is 5. The summed E-state index contributed by atoms with van der Waals surface area (Å²) in [5.41, 5.74) is 0. The summed E-state index contributed by atoms with van der Waals surface area (Å²) in [5, 5.41) is 10.5. The summed E-state index contributed by atoms with van der Waals surface area (Å²) in [6.45, 7) is 3.51. The molecule has 5 heteroatoms. The van der Waals surface area contributed by atoms with Crippen LogP contribution in [-0.2, 0) is 14.2 Å². The van der Waals surface area contributed by atoms with Gasteiger partial charge < -0.3 is 19.5 Å². The summed E-state index contributed by atoms with van der Waals surface area (Å²) in [6.07, 6.45) is -0.385. The van der Waals surface area contributed by atoms with Crippen molar-refractivity contribution in [3.8, 4) is 0 Å². The second-order valence-electron chi connectivity index (χ2n) is 2.67. The Bertz CT molecular complexity index is 169. The van der Waals surface area contributed by atoms with E-state index < -0.39 is 0 Å². The fraction of sp³-hybridized carbons (Fsp3) is 0.875. The van der Waals surface area contributed by atoms with Crippen molar-refractivity contribution in [3.05, 3.63) is 0 Å². The lowest BCUT2D eigenvalue weighted by Crippen LogP contribution is -2.45.